The average molecular weight is 316 g/mol. The number of guanidine groups is 1. The van der Waals surface area contributed by atoms with Crippen molar-refractivity contribution in [3.63, 3.8) is 0 Å². The van der Waals surface area contributed by atoms with Gasteiger partial charge in [-0.1, -0.05) is 13.8 Å². The van der Waals surface area contributed by atoms with Crippen LogP contribution in [0, 0.1) is 11.3 Å². The van der Waals surface area contributed by atoms with Crippen LogP contribution >= 0.6 is 0 Å². The molecule has 126 valence electrons. The summed E-state index contributed by atoms with van der Waals surface area (Å²) in [6.45, 7) is 8.29. The molecule has 0 spiro atoms. The first-order chi connectivity index (χ1) is 11.1. The highest BCUT2D eigenvalue weighted by Gasteiger charge is 2.30. The van der Waals surface area contributed by atoms with Gasteiger partial charge in [0.05, 0.1) is 6.61 Å². The van der Waals surface area contributed by atoms with Crippen LogP contribution in [0.1, 0.15) is 38.7 Å². The van der Waals surface area contributed by atoms with Gasteiger partial charge in [-0.2, -0.15) is 0 Å². The molecule has 5 heteroatoms. The summed E-state index contributed by atoms with van der Waals surface area (Å²) < 4.78 is 5.75. The van der Waals surface area contributed by atoms with E-state index in [1.54, 1.807) is 0 Å². The molecule has 3 rings (SSSR count). The van der Waals surface area contributed by atoms with Gasteiger partial charge in [0.15, 0.2) is 5.96 Å². The number of hydrogen-bond acceptors (Lipinski definition) is 3. The predicted octanol–water partition coefficient (Wildman–Crippen LogP) is 2.68. The largest absolute Gasteiger partial charge is 0.477 e. The van der Waals surface area contributed by atoms with Gasteiger partial charge < -0.3 is 15.0 Å². The first kappa shape index (κ1) is 16.1. The lowest BCUT2D eigenvalue weighted by Gasteiger charge is -2.23. The molecule has 1 aliphatic carbocycles. The maximum atomic E-state index is 5.75. The maximum Gasteiger partial charge on any atom is 0.213 e. The van der Waals surface area contributed by atoms with Crippen molar-refractivity contribution >= 4 is 5.96 Å². The summed E-state index contributed by atoms with van der Waals surface area (Å²) in [5.74, 6) is 2.46. The Hall–Kier alpha value is -1.78. The summed E-state index contributed by atoms with van der Waals surface area (Å²) in [6, 6.07) is 4.05. The number of aliphatic imine (C=N–C) groups is 1. The van der Waals surface area contributed by atoms with Gasteiger partial charge >= 0.3 is 0 Å². The van der Waals surface area contributed by atoms with Gasteiger partial charge in [0.25, 0.3) is 0 Å². The number of nitrogens with one attached hydrogen (secondary N) is 1. The van der Waals surface area contributed by atoms with Crippen molar-refractivity contribution in [3.05, 3.63) is 23.9 Å². The van der Waals surface area contributed by atoms with E-state index in [-0.39, 0.29) is 0 Å². The molecule has 2 heterocycles. The van der Waals surface area contributed by atoms with E-state index >= 15 is 0 Å². The molecule has 0 aromatic carbocycles. The standard InChI is InChI=1S/C18H28N4O/c1-18(2)7-9-22(13-18)17(19-3)21-11-15-6-8-20-16(10-15)23-12-14-4-5-14/h6,8,10,14H,4-5,7,9,11-13H2,1-3H3,(H,19,21). The zero-order chi connectivity index (χ0) is 16.3. The molecule has 2 fully saturated rings. The molecule has 1 aliphatic heterocycles. The number of ether oxygens (including phenoxy) is 1. The Kier molecular flexibility index (Phi) is 4.74. The Balaban J connectivity index is 1.53. The minimum atomic E-state index is 0.373. The van der Waals surface area contributed by atoms with Gasteiger partial charge in [0, 0.05) is 38.9 Å². The monoisotopic (exact) mass is 316 g/mol. The average Bonchev–Trinajstić information content (AvgIpc) is 3.29. The van der Waals surface area contributed by atoms with E-state index in [9.17, 15) is 0 Å². The zero-order valence-electron chi connectivity index (χ0n) is 14.5. The van der Waals surface area contributed by atoms with Crippen LogP contribution < -0.4 is 10.1 Å². The fraction of sp³-hybridized carbons (Fsp3) is 0.667. The topological polar surface area (TPSA) is 49.8 Å². The third-order valence-electron chi connectivity index (χ3n) is 4.60. The zero-order valence-corrected chi connectivity index (χ0v) is 14.5. The number of aromatic nitrogens is 1. The Morgan fingerprint density at radius 2 is 2.30 bits per heavy atom. The number of pyridine rings is 1. The summed E-state index contributed by atoms with van der Waals surface area (Å²) in [7, 11) is 1.85. The minimum Gasteiger partial charge on any atom is -0.477 e. The molecular formula is C18H28N4O. The van der Waals surface area contributed by atoms with Gasteiger partial charge in [-0.05, 0) is 42.2 Å². The fourth-order valence-electron chi connectivity index (χ4n) is 2.93. The van der Waals surface area contributed by atoms with E-state index in [1.165, 1.54) is 24.8 Å². The number of hydrogen-bond donors (Lipinski definition) is 1. The summed E-state index contributed by atoms with van der Waals surface area (Å²) in [4.78, 5) is 11.1. The van der Waals surface area contributed by atoms with Crippen molar-refractivity contribution in [2.45, 2.75) is 39.7 Å². The molecule has 0 bridgehead atoms. The van der Waals surface area contributed by atoms with E-state index in [0.717, 1.165) is 44.0 Å². The Labute approximate surface area is 139 Å². The van der Waals surface area contributed by atoms with E-state index in [0.29, 0.717) is 5.41 Å². The second-order valence-electron chi connectivity index (χ2n) is 7.49. The van der Waals surface area contributed by atoms with Crippen LogP contribution in [-0.4, -0.2) is 42.6 Å². The summed E-state index contributed by atoms with van der Waals surface area (Å²) in [5.41, 5.74) is 1.54. The van der Waals surface area contributed by atoms with Crippen LogP contribution in [-0.2, 0) is 6.54 Å². The second kappa shape index (κ2) is 6.77. The lowest BCUT2D eigenvalue weighted by molar-refractivity contribution is 0.288. The van der Waals surface area contributed by atoms with Crippen LogP contribution in [0.15, 0.2) is 23.3 Å². The van der Waals surface area contributed by atoms with Gasteiger partial charge in [-0.15, -0.1) is 0 Å². The molecule has 0 amide bonds. The maximum absolute atomic E-state index is 5.75. The van der Waals surface area contributed by atoms with E-state index in [2.05, 4.69) is 34.0 Å². The quantitative estimate of drug-likeness (QED) is 0.670. The molecule has 2 aliphatic rings. The number of likely N-dealkylation sites (tertiary alicyclic amines) is 1. The van der Waals surface area contributed by atoms with Crippen LogP contribution in [0.25, 0.3) is 0 Å². The van der Waals surface area contributed by atoms with E-state index in [4.69, 9.17) is 4.74 Å². The van der Waals surface area contributed by atoms with Crippen LogP contribution in [0.4, 0.5) is 0 Å². The molecule has 23 heavy (non-hydrogen) atoms. The van der Waals surface area contributed by atoms with Crippen LogP contribution in [0.3, 0.4) is 0 Å². The van der Waals surface area contributed by atoms with Crippen molar-refractivity contribution in [2.24, 2.45) is 16.3 Å². The van der Waals surface area contributed by atoms with Gasteiger partial charge in [-0.3, -0.25) is 4.99 Å². The Morgan fingerprint density at radius 3 is 2.96 bits per heavy atom. The smallest absolute Gasteiger partial charge is 0.213 e. The lowest BCUT2D eigenvalue weighted by Crippen LogP contribution is -2.40. The third kappa shape index (κ3) is 4.60. The molecule has 1 saturated carbocycles. The lowest BCUT2D eigenvalue weighted by atomic mass is 9.93. The minimum absolute atomic E-state index is 0.373. The third-order valence-corrected chi connectivity index (χ3v) is 4.60. The molecule has 1 aromatic rings. The highest BCUT2D eigenvalue weighted by Crippen LogP contribution is 2.29. The Bertz CT molecular complexity index is 566. The molecule has 1 aromatic heterocycles. The fourth-order valence-corrected chi connectivity index (χ4v) is 2.93. The number of rotatable bonds is 5. The van der Waals surface area contributed by atoms with Crippen molar-refractivity contribution in [1.82, 2.24) is 15.2 Å². The first-order valence-electron chi connectivity index (χ1n) is 8.59. The molecule has 0 atom stereocenters. The molecular weight excluding hydrogens is 288 g/mol. The van der Waals surface area contributed by atoms with Crippen molar-refractivity contribution in [1.29, 1.82) is 0 Å². The summed E-state index contributed by atoms with van der Waals surface area (Å²) in [6.07, 6.45) is 5.62. The second-order valence-corrected chi connectivity index (χ2v) is 7.49. The van der Waals surface area contributed by atoms with Gasteiger partial charge in [0.1, 0.15) is 0 Å². The first-order valence-corrected chi connectivity index (χ1v) is 8.59. The molecule has 0 radical (unpaired) electrons. The summed E-state index contributed by atoms with van der Waals surface area (Å²) in [5, 5.41) is 3.46. The highest BCUT2D eigenvalue weighted by molar-refractivity contribution is 5.80. The molecule has 1 N–H and O–H groups in total. The van der Waals surface area contributed by atoms with E-state index < -0.39 is 0 Å². The van der Waals surface area contributed by atoms with Crippen molar-refractivity contribution in [3.8, 4) is 5.88 Å². The molecule has 5 nitrogen and oxygen atoms in total. The predicted molar refractivity (Wildman–Crippen MR) is 92.6 cm³/mol. The summed E-state index contributed by atoms with van der Waals surface area (Å²) >= 11 is 0. The van der Waals surface area contributed by atoms with Crippen LogP contribution in [0.5, 0.6) is 5.88 Å². The van der Waals surface area contributed by atoms with Crippen molar-refractivity contribution in [2.75, 3.05) is 26.7 Å². The molecule has 1 saturated heterocycles. The highest BCUT2D eigenvalue weighted by atomic mass is 16.5. The Morgan fingerprint density at radius 1 is 1.48 bits per heavy atom. The van der Waals surface area contributed by atoms with Gasteiger partial charge in [-0.25, -0.2) is 4.98 Å². The normalized spacial score (nSPS) is 20.7. The van der Waals surface area contributed by atoms with Crippen LogP contribution in [0.2, 0.25) is 0 Å². The van der Waals surface area contributed by atoms with E-state index in [1.807, 2.05) is 25.4 Å². The van der Waals surface area contributed by atoms with Crippen molar-refractivity contribution < 1.29 is 4.74 Å². The number of nitrogens with zero attached hydrogens (tertiary/aromatic N) is 3. The van der Waals surface area contributed by atoms with Gasteiger partial charge in [0.2, 0.25) is 5.88 Å². The SMILES string of the molecule is CN=C(NCc1ccnc(OCC2CC2)c1)N1CCC(C)(C)C1. The molecule has 0 unspecified atom stereocenters.